The summed E-state index contributed by atoms with van der Waals surface area (Å²) in [6.07, 6.45) is 4.10. The highest BCUT2D eigenvalue weighted by molar-refractivity contribution is 6.06. The zero-order valence-corrected chi connectivity index (χ0v) is 15.9. The van der Waals surface area contributed by atoms with Crippen LogP contribution in [0.3, 0.4) is 0 Å². The molecular formula is C21H23NO5. The summed E-state index contributed by atoms with van der Waals surface area (Å²) in [5, 5.41) is 0. The van der Waals surface area contributed by atoms with Crippen molar-refractivity contribution in [3.8, 4) is 23.0 Å². The van der Waals surface area contributed by atoms with Crippen LogP contribution in [0.25, 0.3) is 6.08 Å². The third-order valence-electron chi connectivity index (χ3n) is 4.55. The molecule has 1 heterocycles. The summed E-state index contributed by atoms with van der Waals surface area (Å²) >= 11 is 0. The molecule has 0 N–H and O–H groups in total. The van der Waals surface area contributed by atoms with Gasteiger partial charge in [-0.3, -0.25) is 4.79 Å². The summed E-state index contributed by atoms with van der Waals surface area (Å²) < 4.78 is 21.4. The topological polar surface area (TPSA) is 57.2 Å². The van der Waals surface area contributed by atoms with E-state index < -0.39 is 0 Å². The predicted molar refractivity (Wildman–Crippen MR) is 104 cm³/mol. The van der Waals surface area contributed by atoms with Crippen LogP contribution in [0.5, 0.6) is 23.0 Å². The molecule has 1 aliphatic heterocycles. The molecule has 3 rings (SSSR count). The average molecular weight is 369 g/mol. The molecule has 0 spiro atoms. The van der Waals surface area contributed by atoms with E-state index in [0.29, 0.717) is 29.5 Å². The summed E-state index contributed by atoms with van der Waals surface area (Å²) in [7, 11) is 6.28. The van der Waals surface area contributed by atoms with Crippen LogP contribution in [-0.2, 0) is 11.2 Å². The van der Waals surface area contributed by atoms with E-state index in [-0.39, 0.29) is 5.91 Å². The molecule has 0 aliphatic carbocycles. The summed E-state index contributed by atoms with van der Waals surface area (Å²) in [5.74, 6) is 2.20. The molecule has 0 saturated carbocycles. The van der Waals surface area contributed by atoms with E-state index in [9.17, 15) is 4.79 Å². The van der Waals surface area contributed by atoms with E-state index in [2.05, 4.69) is 0 Å². The number of hydrogen-bond donors (Lipinski definition) is 0. The number of methoxy groups -OCH3 is 4. The van der Waals surface area contributed by atoms with Gasteiger partial charge in [-0.2, -0.15) is 0 Å². The molecular weight excluding hydrogens is 346 g/mol. The Labute approximate surface area is 158 Å². The van der Waals surface area contributed by atoms with Gasteiger partial charge in [0.05, 0.1) is 34.1 Å². The fourth-order valence-corrected chi connectivity index (χ4v) is 3.26. The molecule has 0 bridgehead atoms. The van der Waals surface area contributed by atoms with Crippen molar-refractivity contribution in [3.63, 3.8) is 0 Å². The number of fused-ring (bicyclic) bond motifs is 1. The Morgan fingerprint density at radius 2 is 1.63 bits per heavy atom. The molecule has 0 aromatic heterocycles. The second-order valence-corrected chi connectivity index (χ2v) is 6.00. The largest absolute Gasteiger partial charge is 0.495 e. The number of carbonyl (C=O) groups excluding carboxylic acids is 1. The highest BCUT2D eigenvalue weighted by Gasteiger charge is 2.26. The van der Waals surface area contributed by atoms with Gasteiger partial charge in [0.25, 0.3) is 5.91 Å². The van der Waals surface area contributed by atoms with E-state index in [1.807, 2.05) is 18.2 Å². The number of carbonyl (C=O) groups is 1. The van der Waals surface area contributed by atoms with Crippen molar-refractivity contribution in [2.75, 3.05) is 39.9 Å². The van der Waals surface area contributed by atoms with Gasteiger partial charge in [-0.1, -0.05) is 12.1 Å². The van der Waals surface area contributed by atoms with Crippen LogP contribution in [0.2, 0.25) is 0 Å². The first-order chi connectivity index (χ1) is 13.1. The van der Waals surface area contributed by atoms with E-state index >= 15 is 0 Å². The van der Waals surface area contributed by atoms with Gasteiger partial charge in [-0.15, -0.1) is 0 Å². The molecule has 0 radical (unpaired) electrons. The van der Waals surface area contributed by atoms with Crippen molar-refractivity contribution in [2.24, 2.45) is 0 Å². The standard InChI is InChI=1S/C21H23NO5/c1-24-16-7-5-6-15-10-11-22(20(15)16)19(23)9-8-14-12-17(25-2)21(27-4)18(13-14)26-3/h5-9,12-13H,10-11H2,1-4H3/b9-8+. The number of ether oxygens (including phenoxy) is 4. The summed E-state index contributed by atoms with van der Waals surface area (Å²) in [4.78, 5) is 14.5. The minimum atomic E-state index is -0.105. The van der Waals surface area contributed by atoms with Crippen molar-refractivity contribution in [2.45, 2.75) is 6.42 Å². The van der Waals surface area contributed by atoms with Crippen LogP contribution in [0, 0.1) is 0 Å². The van der Waals surface area contributed by atoms with Gasteiger partial charge in [-0.25, -0.2) is 0 Å². The Morgan fingerprint density at radius 1 is 0.963 bits per heavy atom. The maximum atomic E-state index is 12.8. The fraction of sp³-hybridized carbons (Fsp3) is 0.286. The van der Waals surface area contributed by atoms with E-state index in [0.717, 1.165) is 23.2 Å². The quantitative estimate of drug-likeness (QED) is 0.731. The van der Waals surface area contributed by atoms with Gasteiger partial charge in [0.15, 0.2) is 11.5 Å². The molecule has 142 valence electrons. The van der Waals surface area contributed by atoms with Crippen LogP contribution in [0.1, 0.15) is 11.1 Å². The number of benzene rings is 2. The second kappa shape index (κ2) is 8.03. The van der Waals surface area contributed by atoms with Crippen LogP contribution in [0.15, 0.2) is 36.4 Å². The molecule has 0 unspecified atom stereocenters. The van der Waals surface area contributed by atoms with Gasteiger partial charge < -0.3 is 23.8 Å². The normalized spacial score (nSPS) is 12.8. The van der Waals surface area contributed by atoms with Gasteiger partial charge in [0.2, 0.25) is 5.75 Å². The van der Waals surface area contributed by atoms with Crippen molar-refractivity contribution in [3.05, 3.63) is 47.5 Å². The number of hydrogen-bond acceptors (Lipinski definition) is 5. The summed E-state index contributed by atoms with van der Waals surface area (Å²) in [6, 6.07) is 9.42. The molecule has 6 nitrogen and oxygen atoms in total. The smallest absolute Gasteiger partial charge is 0.251 e. The average Bonchev–Trinajstić information content (AvgIpc) is 3.15. The SMILES string of the molecule is COc1cc(/C=C/C(=O)N2CCc3cccc(OC)c32)cc(OC)c1OC. The Bertz CT molecular complexity index is 850. The summed E-state index contributed by atoms with van der Waals surface area (Å²) in [5.41, 5.74) is 2.74. The Morgan fingerprint density at radius 3 is 2.22 bits per heavy atom. The van der Waals surface area contributed by atoms with E-state index in [1.54, 1.807) is 57.6 Å². The maximum absolute atomic E-state index is 12.8. The summed E-state index contributed by atoms with van der Waals surface area (Å²) in [6.45, 7) is 0.633. The lowest BCUT2D eigenvalue weighted by Crippen LogP contribution is -2.27. The molecule has 0 atom stereocenters. The minimum absolute atomic E-state index is 0.105. The molecule has 2 aromatic carbocycles. The Kier molecular flexibility index (Phi) is 5.54. The fourth-order valence-electron chi connectivity index (χ4n) is 3.26. The van der Waals surface area contributed by atoms with Crippen LogP contribution in [-0.4, -0.2) is 40.9 Å². The van der Waals surface area contributed by atoms with Gasteiger partial charge in [0.1, 0.15) is 5.75 Å². The minimum Gasteiger partial charge on any atom is -0.495 e. The highest BCUT2D eigenvalue weighted by Crippen LogP contribution is 2.39. The molecule has 1 aliphatic rings. The van der Waals surface area contributed by atoms with Crippen molar-refractivity contribution in [1.82, 2.24) is 0 Å². The molecule has 27 heavy (non-hydrogen) atoms. The Hall–Kier alpha value is -3.15. The highest BCUT2D eigenvalue weighted by atomic mass is 16.5. The van der Waals surface area contributed by atoms with Crippen LogP contribution < -0.4 is 23.8 Å². The van der Waals surface area contributed by atoms with Crippen molar-refractivity contribution < 1.29 is 23.7 Å². The second-order valence-electron chi connectivity index (χ2n) is 6.00. The van der Waals surface area contributed by atoms with Crippen LogP contribution in [0.4, 0.5) is 5.69 Å². The first-order valence-electron chi connectivity index (χ1n) is 8.58. The lowest BCUT2D eigenvalue weighted by atomic mass is 10.1. The zero-order valence-electron chi connectivity index (χ0n) is 15.9. The molecule has 2 aromatic rings. The van der Waals surface area contributed by atoms with E-state index in [1.165, 1.54) is 0 Å². The van der Waals surface area contributed by atoms with Gasteiger partial charge in [0, 0.05) is 12.6 Å². The number of amides is 1. The zero-order chi connectivity index (χ0) is 19.4. The van der Waals surface area contributed by atoms with E-state index in [4.69, 9.17) is 18.9 Å². The maximum Gasteiger partial charge on any atom is 0.251 e. The number of anilines is 1. The third-order valence-corrected chi connectivity index (χ3v) is 4.55. The van der Waals surface area contributed by atoms with Crippen molar-refractivity contribution in [1.29, 1.82) is 0 Å². The first kappa shape index (κ1) is 18.6. The molecule has 6 heteroatoms. The Balaban J connectivity index is 1.87. The molecule has 0 saturated heterocycles. The first-order valence-corrected chi connectivity index (χ1v) is 8.58. The third kappa shape index (κ3) is 3.56. The monoisotopic (exact) mass is 369 g/mol. The predicted octanol–water partition coefficient (Wildman–Crippen LogP) is 3.32. The van der Waals surface area contributed by atoms with Gasteiger partial charge in [-0.05, 0) is 41.8 Å². The lowest BCUT2D eigenvalue weighted by molar-refractivity contribution is -0.114. The number of para-hydroxylation sites is 1. The van der Waals surface area contributed by atoms with Crippen LogP contribution >= 0.6 is 0 Å². The van der Waals surface area contributed by atoms with Crippen molar-refractivity contribution >= 4 is 17.7 Å². The number of rotatable bonds is 6. The number of nitrogens with zero attached hydrogens (tertiary/aromatic N) is 1. The molecule has 1 amide bonds. The van der Waals surface area contributed by atoms with Gasteiger partial charge >= 0.3 is 0 Å². The lowest BCUT2D eigenvalue weighted by Gasteiger charge is -2.18. The molecule has 0 fully saturated rings.